The summed E-state index contributed by atoms with van der Waals surface area (Å²) in [6.07, 6.45) is 5.47. The van der Waals surface area contributed by atoms with Crippen molar-refractivity contribution in [2.75, 3.05) is 13.1 Å². The maximum Gasteiger partial charge on any atom is 0.0816 e. The second kappa shape index (κ2) is 7.28. The predicted octanol–water partition coefficient (Wildman–Crippen LogP) is 4.03. The average molecular weight is 282 g/mol. The van der Waals surface area contributed by atoms with Gasteiger partial charge in [-0.05, 0) is 43.9 Å². The zero-order valence-electron chi connectivity index (χ0n) is 11.7. The molecule has 1 aliphatic rings. The Bertz CT molecular complexity index is 396. The molecule has 0 saturated carbocycles. The zero-order chi connectivity index (χ0) is 13.7. The summed E-state index contributed by atoms with van der Waals surface area (Å²) < 4.78 is 0. The lowest BCUT2D eigenvalue weighted by Gasteiger charge is -2.35. The van der Waals surface area contributed by atoms with Crippen LogP contribution < -0.4 is 0 Å². The minimum atomic E-state index is -0.451. The van der Waals surface area contributed by atoms with Gasteiger partial charge in [0.1, 0.15) is 0 Å². The Hall–Kier alpha value is -0.570. The molecule has 3 heteroatoms. The van der Waals surface area contributed by atoms with Gasteiger partial charge in [-0.1, -0.05) is 43.1 Å². The number of halogens is 1. The smallest absolute Gasteiger partial charge is 0.0816 e. The predicted molar refractivity (Wildman–Crippen MR) is 80.5 cm³/mol. The van der Waals surface area contributed by atoms with Gasteiger partial charge in [0.15, 0.2) is 0 Å². The highest BCUT2D eigenvalue weighted by Gasteiger charge is 2.21. The number of aliphatic hydroxyl groups is 1. The number of rotatable bonds is 5. The standard InChI is InChI=1S/C16H24ClNO/c1-2-13-7-5-6-11-18(13)12-10-16(19)14-8-3-4-9-15(14)17/h3-4,8-9,13,16,19H,2,5-7,10-12H2,1H3. The van der Waals surface area contributed by atoms with E-state index in [9.17, 15) is 5.11 Å². The maximum atomic E-state index is 10.3. The van der Waals surface area contributed by atoms with Crippen molar-refractivity contribution in [3.8, 4) is 0 Å². The Labute approximate surface area is 121 Å². The molecule has 0 amide bonds. The van der Waals surface area contributed by atoms with Crippen molar-refractivity contribution >= 4 is 11.6 Å². The molecule has 0 spiro atoms. The molecule has 2 unspecified atom stereocenters. The molecule has 1 aliphatic heterocycles. The first-order chi connectivity index (χ1) is 9.22. The van der Waals surface area contributed by atoms with Gasteiger partial charge >= 0.3 is 0 Å². The summed E-state index contributed by atoms with van der Waals surface area (Å²) in [6, 6.07) is 8.29. The maximum absolute atomic E-state index is 10.3. The van der Waals surface area contributed by atoms with Crippen molar-refractivity contribution in [3.63, 3.8) is 0 Å². The Morgan fingerprint density at radius 1 is 1.37 bits per heavy atom. The van der Waals surface area contributed by atoms with Crippen molar-refractivity contribution in [2.24, 2.45) is 0 Å². The van der Waals surface area contributed by atoms with Crippen LogP contribution >= 0.6 is 11.6 Å². The van der Waals surface area contributed by atoms with E-state index in [1.165, 1.54) is 32.2 Å². The van der Waals surface area contributed by atoms with Crippen LogP contribution in [0.25, 0.3) is 0 Å². The summed E-state index contributed by atoms with van der Waals surface area (Å²) in [4.78, 5) is 2.53. The van der Waals surface area contributed by atoms with E-state index in [2.05, 4.69) is 11.8 Å². The normalized spacial score (nSPS) is 22.4. The van der Waals surface area contributed by atoms with Crippen LogP contribution in [0.4, 0.5) is 0 Å². The van der Waals surface area contributed by atoms with Crippen molar-refractivity contribution in [2.45, 2.75) is 51.2 Å². The van der Waals surface area contributed by atoms with Crippen molar-refractivity contribution in [1.82, 2.24) is 4.90 Å². The van der Waals surface area contributed by atoms with Gasteiger partial charge in [0.25, 0.3) is 0 Å². The number of nitrogens with zero attached hydrogens (tertiary/aromatic N) is 1. The fourth-order valence-corrected chi connectivity index (χ4v) is 3.27. The fourth-order valence-electron chi connectivity index (χ4n) is 3.01. The molecule has 2 nitrogen and oxygen atoms in total. The SMILES string of the molecule is CCC1CCCCN1CCC(O)c1ccccc1Cl. The zero-order valence-corrected chi connectivity index (χ0v) is 12.4. The van der Waals surface area contributed by atoms with Gasteiger partial charge in [0.2, 0.25) is 0 Å². The van der Waals surface area contributed by atoms with Crippen LogP contribution in [-0.4, -0.2) is 29.1 Å². The topological polar surface area (TPSA) is 23.5 Å². The lowest BCUT2D eigenvalue weighted by Crippen LogP contribution is -2.40. The molecule has 0 aliphatic carbocycles. The third-order valence-electron chi connectivity index (χ3n) is 4.17. The van der Waals surface area contributed by atoms with Crippen LogP contribution in [-0.2, 0) is 0 Å². The van der Waals surface area contributed by atoms with Crippen LogP contribution in [0.5, 0.6) is 0 Å². The molecule has 0 aromatic heterocycles. The molecule has 1 aromatic carbocycles. The highest BCUT2D eigenvalue weighted by Crippen LogP contribution is 2.26. The van der Waals surface area contributed by atoms with Crippen LogP contribution in [0, 0.1) is 0 Å². The highest BCUT2D eigenvalue weighted by molar-refractivity contribution is 6.31. The van der Waals surface area contributed by atoms with E-state index in [1.807, 2.05) is 24.3 Å². The van der Waals surface area contributed by atoms with E-state index in [0.29, 0.717) is 11.1 Å². The van der Waals surface area contributed by atoms with Crippen molar-refractivity contribution < 1.29 is 5.11 Å². The minimum absolute atomic E-state index is 0.451. The molecular weight excluding hydrogens is 258 g/mol. The van der Waals surface area contributed by atoms with E-state index in [4.69, 9.17) is 11.6 Å². The Morgan fingerprint density at radius 2 is 2.16 bits per heavy atom. The molecule has 1 saturated heterocycles. The molecule has 1 heterocycles. The van der Waals surface area contributed by atoms with Gasteiger partial charge in [-0.2, -0.15) is 0 Å². The Balaban J connectivity index is 1.89. The third kappa shape index (κ3) is 3.95. The van der Waals surface area contributed by atoms with Crippen LogP contribution in [0.3, 0.4) is 0 Å². The second-order valence-corrected chi connectivity index (χ2v) is 5.83. The number of likely N-dealkylation sites (tertiary alicyclic amines) is 1. The number of hydrogen-bond acceptors (Lipinski definition) is 2. The number of hydrogen-bond donors (Lipinski definition) is 1. The summed E-state index contributed by atoms with van der Waals surface area (Å²) in [5.41, 5.74) is 0.856. The second-order valence-electron chi connectivity index (χ2n) is 5.42. The number of aliphatic hydroxyl groups excluding tert-OH is 1. The molecule has 106 valence electrons. The Kier molecular flexibility index (Phi) is 5.68. The summed E-state index contributed by atoms with van der Waals surface area (Å²) in [6.45, 7) is 4.39. The first kappa shape index (κ1) is 14.8. The van der Waals surface area contributed by atoms with E-state index >= 15 is 0 Å². The van der Waals surface area contributed by atoms with E-state index in [1.54, 1.807) is 0 Å². The molecule has 19 heavy (non-hydrogen) atoms. The van der Waals surface area contributed by atoms with Gasteiger partial charge < -0.3 is 10.0 Å². The van der Waals surface area contributed by atoms with Gasteiger partial charge in [-0.15, -0.1) is 0 Å². The van der Waals surface area contributed by atoms with Gasteiger partial charge in [-0.3, -0.25) is 0 Å². The molecule has 1 N–H and O–H groups in total. The summed E-state index contributed by atoms with van der Waals surface area (Å²) >= 11 is 6.12. The first-order valence-electron chi connectivity index (χ1n) is 7.39. The van der Waals surface area contributed by atoms with Crippen LogP contribution in [0.1, 0.15) is 50.7 Å². The first-order valence-corrected chi connectivity index (χ1v) is 7.76. The molecular formula is C16H24ClNO. The lowest BCUT2D eigenvalue weighted by atomic mass is 9.99. The molecule has 0 bridgehead atoms. The molecule has 1 aromatic rings. The lowest BCUT2D eigenvalue weighted by molar-refractivity contribution is 0.101. The number of benzene rings is 1. The molecule has 2 atom stereocenters. The quantitative estimate of drug-likeness (QED) is 0.881. The van der Waals surface area contributed by atoms with Crippen LogP contribution in [0.2, 0.25) is 5.02 Å². The average Bonchev–Trinajstić information content (AvgIpc) is 2.45. The minimum Gasteiger partial charge on any atom is -0.388 e. The fraction of sp³-hybridized carbons (Fsp3) is 0.625. The van der Waals surface area contributed by atoms with Crippen molar-refractivity contribution in [3.05, 3.63) is 34.9 Å². The van der Waals surface area contributed by atoms with Gasteiger partial charge in [0.05, 0.1) is 6.10 Å². The van der Waals surface area contributed by atoms with E-state index in [-0.39, 0.29) is 0 Å². The molecule has 2 rings (SSSR count). The van der Waals surface area contributed by atoms with Gasteiger partial charge in [0, 0.05) is 17.6 Å². The number of piperidine rings is 1. The van der Waals surface area contributed by atoms with Crippen molar-refractivity contribution in [1.29, 1.82) is 0 Å². The Morgan fingerprint density at radius 3 is 2.89 bits per heavy atom. The molecule has 1 fully saturated rings. The van der Waals surface area contributed by atoms with Crippen LogP contribution in [0.15, 0.2) is 24.3 Å². The summed E-state index contributed by atoms with van der Waals surface area (Å²) in [5.74, 6) is 0. The summed E-state index contributed by atoms with van der Waals surface area (Å²) in [5, 5.41) is 10.9. The van der Waals surface area contributed by atoms with E-state index in [0.717, 1.165) is 18.5 Å². The van der Waals surface area contributed by atoms with Gasteiger partial charge in [-0.25, -0.2) is 0 Å². The monoisotopic (exact) mass is 281 g/mol. The van der Waals surface area contributed by atoms with E-state index < -0.39 is 6.10 Å². The highest BCUT2D eigenvalue weighted by atomic mass is 35.5. The third-order valence-corrected chi connectivity index (χ3v) is 4.52. The largest absolute Gasteiger partial charge is 0.388 e. The molecule has 0 radical (unpaired) electrons. The summed E-state index contributed by atoms with van der Waals surface area (Å²) in [7, 11) is 0.